The van der Waals surface area contributed by atoms with E-state index < -0.39 is 32.5 Å². The maximum atomic E-state index is 13.5. The lowest BCUT2D eigenvalue weighted by Gasteiger charge is -2.30. The summed E-state index contributed by atoms with van der Waals surface area (Å²) in [6, 6.07) is -0.916. The van der Waals surface area contributed by atoms with Crippen LogP contribution in [0.4, 0.5) is 0 Å². The first kappa shape index (κ1) is 68.5. The summed E-state index contributed by atoms with van der Waals surface area (Å²) in [6.45, 7) is 6.75. The SMILES string of the molecule is CCCCC/C=C\C/C=C\C/C=C\CCCCCCCCCCC(=O)NC(COP(=O)([O-])OCC[N+](C)(C)C)C(/C=C\CCCCCCCCCCC)OC(=O)CC/C=C/C/C=C\CCCCCCCC. The minimum atomic E-state index is -4.71. The number of carbonyl (C=O) groups is 2. The largest absolute Gasteiger partial charge is 0.756 e. The molecule has 0 radical (unpaired) electrons. The molecule has 3 unspecified atom stereocenters. The number of ether oxygens (including phenoxy) is 1. The minimum Gasteiger partial charge on any atom is -0.756 e. The van der Waals surface area contributed by atoms with E-state index in [4.69, 9.17) is 13.8 Å². The third kappa shape index (κ3) is 52.1. The third-order valence-corrected chi connectivity index (χ3v) is 13.6. The molecule has 0 aromatic carbocycles. The number of allylic oxidation sites excluding steroid dienone is 11. The quantitative estimate of drug-likeness (QED) is 0.0212. The van der Waals surface area contributed by atoms with Crippen LogP contribution in [-0.4, -0.2) is 69.4 Å². The number of nitrogens with zero attached hydrogens (tertiary/aromatic N) is 1. The van der Waals surface area contributed by atoms with Crippen LogP contribution in [0.25, 0.3) is 0 Å². The van der Waals surface area contributed by atoms with E-state index in [9.17, 15) is 19.0 Å². The molecule has 0 aromatic heterocycles. The van der Waals surface area contributed by atoms with E-state index >= 15 is 0 Å². The number of nitrogens with one attached hydrogen (secondary N) is 1. The molecule has 0 spiro atoms. The number of phosphoric acid groups is 1. The van der Waals surface area contributed by atoms with Crippen LogP contribution in [0.1, 0.15) is 252 Å². The number of amides is 1. The van der Waals surface area contributed by atoms with Gasteiger partial charge in [0.25, 0.3) is 7.82 Å². The smallest absolute Gasteiger partial charge is 0.306 e. The second-order valence-corrected chi connectivity index (χ2v) is 22.2. The van der Waals surface area contributed by atoms with Crippen molar-refractivity contribution in [2.24, 2.45) is 0 Å². The number of carbonyl (C=O) groups excluding carboxylic acids is 2. The van der Waals surface area contributed by atoms with Crippen LogP contribution >= 0.6 is 7.82 Å². The van der Waals surface area contributed by atoms with E-state index in [2.05, 4.69) is 80.8 Å². The monoisotopic (exact) mass is 1010 g/mol. The van der Waals surface area contributed by atoms with Gasteiger partial charge in [-0.2, -0.15) is 0 Å². The van der Waals surface area contributed by atoms with Crippen LogP contribution < -0.4 is 10.2 Å². The molecule has 9 nitrogen and oxygen atoms in total. The molecule has 71 heavy (non-hydrogen) atoms. The lowest BCUT2D eigenvalue weighted by Crippen LogP contribution is -2.47. The maximum absolute atomic E-state index is 13.5. The molecule has 0 aliphatic rings. The Kier molecular flexibility index (Phi) is 49.1. The fourth-order valence-electron chi connectivity index (χ4n) is 8.05. The number of quaternary nitrogens is 1. The zero-order valence-corrected chi connectivity index (χ0v) is 47.8. The van der Waals surface area contributed by atoms with Crippen LogP contribution in [0, 0.1) is 0 Å². The first-order chi connectivity index (χ1) is 34.4. The first-order valence-corrected chi connectivity index (χ1v) is 30.7. The molecular formula is C61H111N2O7P. The van der Waals surface area contributed by atoms with Gasteiger partial charge in [-0.15, -0.1) is 0 Å². The summed E-state index contributed by atoms with van der Waals surface area (Å²) in [5.74, 6) is -0.629. The highest BCUT2D eigenvalue weighted by atomic mass is 31.2. The van der Waals surface area contributed by atoms with Crippen LogP contribution in [0.5, 0.6) is 0 Å². The summed E-state index contributed by atoms with van der Waals surface area (Å²) >= 11 is 0. The number of hydrogen-bond donors (Lipinski definition) is 1. The van der Waals surface area contributed by atoms with Gasteiger partial charge in [0.2, 0.25) is 5.91 Å². The van der Waals surface area contributed by atoms with E-state index in [0.29, 0.717) is 23.9 Å². The Bertz CT molecular complexity index is 1450. The van der Waals surface area contributed by atoms with Crippen LogP contribution in [0.2, 0.25) is 0 Å². The summed E-state index contributed by atoms with van der Waals surface area (Å²) in [7, 11) is 1.15. The van der Waals surface area contributed by atoms with Gasteiger partial charge in [0, 0.05) is 12.8 Å². The van der Waals surface area contributed by atoms with Gasteiger partial charge in [0.1, 0.15) is 19.3 Å². The Morgan fingerprint density at radius 3 is 1.34 bits per heavy atom. The number of esters is 1. The standard InChI is InChI=1S/C61H111N2O7P/c1-7-10-13-16-19-22-25-27-28-29-30-31-32-33-34-36-38-41-44-47-50-53-60(64)62-58(57-69-71(66,67)68-56-55-63(4,5)6)59(52-49-46-43-40-37-24-21-18-15-12-9-3)70-61(65)54-51-48-45-42-39-35-26-23-20-17-14-11-8-2/h19,22,27-28,30-31,35,39,45,48-49,52,58-59H,7-18,20-21,23-26,29,32-34,36-38,40-44,46-47,50-51,53-57H2,1-6H3,(H-,62,64,66,67)/b22-19-,28-27-,31-30-,39-35-,48-45+,52-49-. The average Bonchev–Trinajstić information content (AvgIpc) is 3.33. The van der Waals surface area contributed by atoms with Crippen LogP contribution in [-0.2, 0) is 27.9 Å². The fourth-order valence-corrected chi connectivity index (χ4v) is 8.77. The molecule has 0 rings (SSSR count). The van der Waals surface area contributed by atoms with Crippen molar-refractivity contribution < 1.29 is 37.3 Å². The van der Waals surface area contributed by atoms with Crippen molar-refractivity contribution in [3.05, 3.63) is 72.9 Å². The van der Waals surface area contributed by atoms with Gasteiger partial charge >= 0.3 is 5.97 Å². The van der Waals surface area contributed by atoms with Gasteiger partial charge in [0.05, 0.1) is 33.8 Å². The van der Waals surface area contributed by atoms with E-state index in [1.165, 1.54) is 135 Å². The summed E-state index contributed by atoms with van der Waals surface area (Å²) in [5.41, 5.74) is 0. The van der Waals surface area contributed by atoms with Gasteiger partial charge < -0.3 is 28.5 Å². The van der Waals surface area contributed by atoms with Crippen LogP contribution in [0.3, 0.4) is 0 Å². The Morgan fingerprint density at radius 1 is 0.493 bits per heavy atom. The maximum Gasteiger partial charge on any atom is 0.306 e. The number of unbranched alkanes of at least 4 members (excludes halogenated alkanes) is 26. The topological polar surface area (TPSA) is 114 Å². The Morgan fingerprint density at radius 2 is 0.873 bits per heavy atom. The van der Waals surface area contributed by atoms with Gasteiger partial charge in [-0.1, -0.05) is 222 Å². The molecule has 10 heteroatoms. The predicted molar refractivity (Wildman–Crippen MR) is 302 cm³/mol. The van der Waals surface area contributed by atoms with Crippen LogP contribution in [0.15, 0.2) is 72.9 Å². The van der Waals surface area contributed by atoms with E-state index in [-0.39, 0.29) is 18.9 Å². The van der Waals surface area contributed by atoms with Crippen molar-refractivity contribution in [1.29, 1.82) is 0 Å². The molecule has 0 saturated carbocycles. The molecule has 1 amide bonds. The van der Waals surface area contributed by atoms with Crippen molar-refractivity contribution in [1.82, 2.24) is 5.32 Å². The highest BCUT2D eigenvalue weighted by molar-refractivity contribution is 7.45. The minimum absolute atomic E-state index is 0.0337. The molecule has 1 N–H and O–H groups in total. The van der Waals surface area contributed by atoms with Crippen molar-refractivity contribution in [3.63, 3.8) is 0 Å². The zero-order chi connectivity index (χ0) is 52.2. The summed E-state index contributed by atoms with van der Waals surface area (Å²) in [5, 5.41) is 3.00. The lowest BCUT2D eigenvalue weighted by molar-refractivity contribution is -0.870. The molecule has 3 atom stereocenters. The Labute approximate surface area is 438 Å². The summed E-state index contributed by atoms with van der Waals surface area (Å²) in [4.78, 5) is 39.8. The van der Waals surface area contributed by atoms with Crippen molar-refractivity contribution in [2.75, 3.05) is 40.9 Å². The lowest BCUT2D eigenvalue weighted by atomic mass is 10.1. The predicted octanol–water partition coefficient (Wildman–Crippen LogP) is 17.0. The first-order valence-electron chi connectivity index (χ1n) is 29.2. The summed E-state index contributed by atoms with van der Waals surface area (Å²) < 4.78 is 30.1. The highest BCUT2D eigenvalue weighted by Crippen LogP contribution is 2.38. The molecule has 412 valence electrons. The molecule has 0 aliphatic carbocycles. The molecule has 0 aliphatic heterocycles. The number of hydrogen-bond acceptors (Lipinski definition) is 7. The second-order valence-electron chi connectivity index (χ2n) is 20.8. The van der Waals surface area contributed by atoms with E-state index in [0.717, 1.165) is 77.0 Å². The van der Waals surface area contributed by atoms with Gasteiger partial charge in [-0.25, -0.2) is 0 Å². The Hall–Kier alpha value is -2.55. The normalized spacial score (nSPS) is 14.3. The zero-order valence-electron chi connectivity index (χ0n) is 46.9. The van der Waals surface area contributed by atoms with Crippen molar-refractivity contribution >= 4 is 19.7 Å². The third-order valence-electron chi connectivity index (χ3n) is 12.6. The molecular weight excluding hydrogens is 904 g/mol. The van der Waals surface area contributed by atoms with Gasteiger partial charge in [-0.3, -0.25) is 14.2 Å². The molecule has 0 aromatic rings. The molecule has 0 fully saturated rings. The Balaban J connectivity index is 5.31. The number of rotatable bonds is 52. The van der Waals surface area contributed by atoms with E-state index in [1.807, 2.05) is 33.3 Å². The highest BCUT2D eigenvalue weighted by Gasteiger charge is 2.27. The molecule has 0 bridgehead atoms. The summed E-state index contributed by atoms with van der Waals surface area (Å²) in [6.07, 6.45) is 64.5. The van der Waals surface area contributed by atoms with Gasteiger partial charge in [0.15, 0.2) is 0 Å². The number of phosphoric ester groups is 1. The van der Waals surface area contributed by atoms with E-state index in [1.54, 1.807) is 6.08 Å². The fraction of sp³-hybridized carbons (Fsp3) is 0.770. The molecule has 0 saturated heterocycles. The van der Waals surface area contributed by atoms with Crippen molar-refractivity contribution in [3.8, 4) is 0 Å². The van der Waals surface area contributed by atoms with Gasteiger partial charge in [-0.05, 0) is 89.5 Å². The average molecular weight is 1020 g/mol. The molecule has 0 heterocycles. The second kappa shape index (κ2) is 51.0. The van der Waals surface area contributed by atoms with Crippen molar-refractivity contribution in [2.45, 2.75) is 264 Å². The number of likely N-dealkylation sites (N-methyl/N-ethyl adjacent to an activating group) is 1.